The van der Waals surface area contributed by atoms with Crippen molar-refractivity contribution in [1.29, 1.82) is 0 Å². The van der Waals surface area contributed by atoms with Crippen molar-refractivity contribution in [2.75, 3.05) is 24.9 Å². The van der Waals surface area contributed by atoms with Crippen molar-refractivity contribution in [3.63, 3.8) is 0 Å². The van der Waals surface area contributed by atoms with Crippen molar-refractivity contribution in [1.82, 2.24) is 5.32 Å². The quantitative estimate of drug-likeness (QED) is 0.572. The highest BCUT2D eigenvalue weighted by Gasteiger charge is 2.23. The van der Waals surface area contributed by atoms with E-state index in [-0.39, 0.29) is 12.2 Å². The number of methoxy groups -OCH3 is 1. The second-order valence-electron chi connectivity index (χ2n) is 5.04. The largest absolute Gasteiger partial charge is 0.467 e. The normalized spacial score (nSPS) is 12.5. The molecule has 0 saturated carbocycles. The Hall–Kier alpha value is -2.09. The van der Waals surface area contributed by atoms with Crippen LogP contribution >= 0.6 is 0 Å². The summed E-state index contributed by atoms with van der Waals surface area (Å²) in [5.41, 5.74) is 7.30. The smallest absolute Gasteiger partial charge is 0.328 e. The number of hydrogen-bond acceptors (Lipinski definition) is 6. The summed E-state index contributed by atoms with van der Waals surface area (Å²) < 4.78 is 27.0. The number of nitrogen functional groups attached to an aromatic ring is 1. The van der Waals surface area contributed by atoms with Crippen LogP contribution in [0.4, 0.5) is 5.69 Å². The van der Waals surface area contributed by atoms with E-state index < -0.39 is 27.8 Å². The van der Waals surface area contributed by atoms with Gasteiger partial charge in [-0.2, -0.15) is 0 Å². The van der Waals surface area contributed by atoms with Gasteiger partial charge in [0.15, 0.2) is 0 Å². The molecule has 0 unspecified atom stereocenters. The van der Waals surface area contributed by atoms with Crippen molar-refractivity contribution in [2.45, 2.75) is 19.4 Å². The standard InChI is InChI=1S/C14H20N2O5S/c1-9-8-10(4-5-11(9)15)13(17)16-12(14(18)21-2)6-7-22(3,19)20/h4-5,8,12H,6-7,15H2,1-3H3,(H,16,17)/t12-/m1/s1. The molecule has 1 atom stereocenters. The third-order valence-electron chi connectivity index (χ3n) is 3.10. The SMILES string of the molecule is COC(=O)[C@@H](CCS(C)(=O)=O)NC(=O)c1ccc(N)c(C)c1. The molecule has 1 amide bonds. The van der Waals surface area contributed by atoms with Crippen molar-refractivity contribution in [2.24, 2.45) is 0 Å². The van der Waals surface area contributed by atoms with E-state index >= 15 is 0 Å². The zero-order valence-corrected chi connectivity index (χ0v) is 13.6. The number of hydrogen-bond donors (Lipinski definition) is 2. The molecular formula is C14H20N2O5S. The van der Waals surface area contributed by atoms with Crippen molar-refractivity contribution >= 4 is 27.4 Å². The molecule has 0 spiro atoms. The molecule has 122 valence electrons. The molecule has 1 aromatic carbocycles. The van der Waals surface area contributed by atoms with E-state index in [1.165, 1.54) is 13.2 Å². The number of carbonyl (C=O) groups is 2. The van der Waals surface area contributed by atoms with Gasteiger partial charge in [0.05, 0.1) is 12.9 Å². The molecule has 0 aliphatic carbocycles. The molecular weight excluding hydrogens is 308 g/mol. The number of nitrogens with one attached hydrogen (secondary N) is 1. The third kappa shape index (κ3) is 5.36. The Morgan fingerprint density at radius 3 is 2.50 bits per heavy atom. The Morgan fingerprint density at radius 1 is 1.36 bits per heavy atom. The van der Waals surface area contributed by atoms with Gasteiger partial charge < -0.3 is 15.8 Å². The van der Waals surface area contributed by atoms with E-state index in [1.54, 1.807) is 19.1 Å². The molecule has 0 heterocycles. The summed E-state index contributed by atoms with van der Waals surface area (Å²) in [6, 6.07) is 3.69. The Balaban J connectivity index is 2.86. The van der Waals surface area contributed by atoms with E-state index in [4.69, 9.17) is 5.73 Å². The molecule has 0 bridgehead atoms. The number of esters is 1. The highest BCUT2D eigenvalue weighted by Crippen LogP contribution is 2.13. The topological polar surface area (TPSA) is 116 Å². The summed E-state index contributed by atoms with van der Waals surface area (Å²) >= 11 is 0. The van der Waals surface area contributed by atoms with Gasteiger partial charge in [-0.15, -0.1) is 0 Å². The second kappa shape index (κ2) is 7.26. The summed E-state index contributed by atoms with van der Waals surface area (Å²) in [7, 11) is -2.07. The fourth-order valence-electron chi connectivity index (χ4n) is 1.78. The van der Waals surface area contributed by atoms with E-state index in [0.29, 0.717) is 11.3 Å². The van der Waals surface area contributed by atoms with E-state index in [1.807, 2.05) is 0 Å². The summed E-state index contributed by atoms with van der Waals surface area (Å²) in [6.45, 7) is 1.76. The number of nitrogens with two attached hydrogens (primary N) is 1. The Kier molecular flexibility index (Phi) is 5.92. The first-order valence-electron chi connectivity index (χ1n) is 6.56. The van der Waals surface area contributed by atoms with Crippen LogP contribution in [0.2, 0.25) is 0 Å². The highest BCUT2D eigenvalue weighted by molar-refractivity contribution is 7.90. The maximum Gasteiger partial charge on any atom is 0.328 e. The molecule has 3 N–H and O–H groups in total. The zero-order chi connectivity index (χ0) is 16.9. The minimum atomic E-state index is -3.25. The zero-order valence-electron chi connectivity index (χ0n) is 12.8. The minimum Gasteiger partial charge on any atom is -0.467 e. The molecule has 0 saturated heterocycles. The van der Waals surface area contributed by atoms with Crippen LogP contribution < -0.4 is 11.1 Å². The van der Waals surface area contributed by atoms with Crippen molar-refractivity contribution in [3.8, 4) is 0 Å². The van der Waals surface area contributed by atoms with Gasteiger partial charge >= 0.3 is 5.97 Å². The van der Waals surface area contributed by atoms with Gasteiger partial charge in [0, 0.05) is 17.5 Å². The number of anilines is 1. The maximum absolute atomic E-state index is 12.2. The lowest BCUT2D eigenvalue weighted by Gasteiger charge is -2.16. The van der Waals surface area contributed by atoms with E-state index in [9.17, 15) is 18.0 Å². The van der Waals surface area contributed by atoms with E-state index in [2.05, 4.69) is 10.1 Å². The molecule has 22 heavy (non-hydrogen) atoms. The monoisotopic (exact) mass is 328 g/mol. The van der Waals surface area contributed by atoms with Crippen LogP contribution in [0.15, 0.2) is 18.2 Å². The molecule has 7 nitrogen and oxygen atoms in total. The van der Waals surface area contributed by atoms with Crippen LogP contribution in [-0.2, 0) is 19.4 Å². The first-order chi connectivity index (χ1) is 10.1. The molecule has 0 fully saturated rings. The highest BCUT2D eigenvalue weighted by atomic mass is 32.2. The molecule has 0 aromatic heterocycles. The lowest BCUT2D eigenvalue weighted by molar-refractivity contribution is -0.142. The number of benzene rings is 1. The Morgan fingerprint density at radius 2 is 2.00 bits per heavy atom. The number of rotatable bonds is 6. The molecule has 0 aliphatic rings. The average molecular weight is 328 g/mol. The predicted molar refractivity (Wildman–Crippen MR) is 83.2 cm³/mol. The summed E-state index contributed by atoms with van der Waals surface area (Å²) in [6.07, 6.45) is 1.01. The second-order valence-corrected chi connectivity index (χ2v) is 7.30. The van der Waals surface area contributed by atoms with Gasteiger partial charge in [-0.05, 0) is 37.1 Å². The van der Waals surface area contributed by atoms with Gasteiger partial charge in [0.2, 0.25) is 0 Å². The predicted octanol–water partition coefficient (Wildman–Crippen LogP) is 0.283. The molecule has 8 heteroatoms. The first kappa shape index (κ1) is 18.0. The minimum absolute atomic E-state index is 0.0504. The average Bonchev–Trinajstić information content (AvgIpc) is 2.44. The lowest BCUT2D eigenvalue weighted by Crippen LogP contribution is -2.42. The van der Waals surface area contributed by atoms with Crippen LogP contribution in [0.1, 0.15) is 22.3 Å². The van der Waals surface area contributed by atoms with Crippen LogP contribution in [-0.4, -0.2) is 45.5 Å². The van der Waals surface area contributed by atoms with Crippen molar-refractivity contribution < 1.29 is 22.7 Å². The fourth-order valence-corrected chi connectivity index (χ4v) is 2.45. The molecule has 0 radical (unpaired) electrons. The van der Waals surface area contributed by atoms with Gasteiger partial charge in [0.1, 0.15) is 15.9 Å². The van der Waals surface area contributed by atoms with Crippen LogP contribution in [0.5, 0.6) is 0 Å². The summed E-state index contributed by atoms with van der Waals surface area (Å²) in [5.74, 6) is -1.41. The summed E-state index contributed by atoms with van der Waals surface area (Å²) in [5, 5.41) is 2.48. The number of aryl methyl sites for hydroxylation is 1. The summed E-state index contributed by atoms with van der Waals surface area (Å²) in [4.78, 5) is 23.8. The number of sulfone groups is 1. The Bertz CT molecular complexity index is 670. The molecule has 1 aromatic rings. The van der Waals surface area contributed by atoms with Crippen molar-refractivity contribution in [3.05, 3.63) is 29.3 Å². The Labute approximate surface area is 129 Å². The number of amides is 1. The van der Waals surface area contributed by atoms with Crippen LogP contribution in [0.25, 0.3) is 0 Å². The number of carbonyl (C=O) groups excluding carboxylic acids is 2. The van der Waals surface area contributed by atoms with Gasteiger partial charge in [0.25, 0.3) is 5.91 Å². The maximum atomic E-state index is 12.2. The van der Waals surface area contributed by atoms with Gasteiger partial charge in [-0.25, -0.2) is 13.2 Å². The molecule has 0 aliphatic heterocycles. The van der Waals surface area contributed by atoms with Gasteiger partial charge in [-0.3, -0.25) is 4.79 Å². The van der Waals surface area contributed by atoms with Crippen LogP contribution in [0, 0.1) is 6.92 Å². The fraction of sp³-hybridized carbons (Fsp3) is 0.429. The third-order valence-corrected chi connectivity index (χ3v) is 4.08. The first-order valence-corrected chi connectivity index (χ1v) is 8.62. The van der Waals surface area contributed by atoms with Crippen LogP contribution in [0.3, 0.4) is 0 Å². The van der Waals surface area contributed by atoms with E-state index in [0.717, 1.165) is 11.8 Å². The lowest BCUT2D eigenvalue weighted by atomic mass is 10.1. The van der Waals surface area contributed by atoms with Gasteiger partial charge in [-0.1, -0.05) is 0 Å². The molecule has 1 rings (SSSR count). The number of ether oxygens (including phenoxy) is 1.